The van der Waals surface area contributed by atoms with Crippen LogP contribution in [0.1, 0.15) is 10.4 Å². The Morgan fingerprint density at radius 2 is 1.95 bits per heavy atom. The van der Waals surface area contributed by atoms with E-state index >= 15 is 0 Å². The molecule has 0 spiro atoms. The SMILES string of the molecule is O=C(NC(CO)(CO)CO)c1cc([N+](=O)[O-])cnc1Cl. The van der Waals surface area contributed by atoms with E-state index in [2.05, 4.69) is 10.3 Å². The van der Waals surface area contributed by atoms with E-state index in [9.17, 15) is 14.9 Å². The number of aliphatic hydroxyl groups excluding tert-OH is 3. The molecule has 110 valence electrons. The number of nitrogens with zero attached hydrogens (tertiary/aromatic N) is 2. The van der Waals surface area contributed by atoms with E-state index in [4.69, 9.17) is 26.9 Å². The number of hydrogen-bond donors (Lipinski definition) is 4. The van der Waals surface area contributed by atoms with E-state index in [0.717, 1.165) is 12.3 Å². The lowest BCUT2D eigenvalue weighted by Crippen LogP contribution is -2.57. The van der Waals surface area contributed by atoms with Crippen molar-refractivity contribution in [2.24, 2.45) is 0 Å². The molecule has 0 radical (unpaired) electrons. The lowest BCUT2D eigenvalue weighted by Gasteiger charge is -2.28. The van der Waals surface area contributed by atoms with E-state index in [1.807, 2.05) is 0 Å². The molecule has 0 aliphatic carbocycles. The Labute approximate surface area is 118 Å². The molecule has 9 nitrogen and oxygen atoms in total. The third-order valence-electron chi connectivity index (χ3n) is 2.57. The summed E-state index contributed by atoms with van der Waals surface area (Å²) in [6, 6.07) is 0.904. The first-order valence-corrected chi connectivity index (χ1v) is 5.72. The van der Waals surface area contributed by atoms with Crippen molar-refractivity contribution in [2.75, 3.05) is 19.8 Å². The third kappa shape index (κ3) is 3.39. The van der Waals surface area contributed by atoms with Gasteiger partial charge in [0.15, 0.2) is 0 Å². The minimum atomic E-state index is -1.66. The minimum absolute atomic E-state index is 0.282. The maximum Gasteiger partial charge on any atom is 0.288 e. The van der Waals surface area contributed by atoms with Gasteiger partial charge in [-0.1, -0.05) is 11.6 Å². The molecule has 0 saturated heterocycles. The number of rotatable bonds is 6. The summed E-state index contributed by atoms with van der Waals surface area (Å²) in [7, 11) is 0. The highest BCUT2D eigenvalue weighted by molar-refractivity contribution is 6.32. The zero-order valence-electron chi connectivity index (χ0n) is 10.1. The number of halogens is 1. The second-order valence-electron chi connectivity index (χ2n) is 4.00. The van der Waals surface area contributed by atoms with E-state index in [1.54, 1.807) is 0 Å². The molecule has 0 aliphatic heterocycles. The molecule has 1 heterocycles. The van der Waals surface area contributed by atoms with Crippen molar-refractivity contribution in [1.82, 2.24) is 10.3 Å². The number of aromatic nitrogens is 1. The zero-order valence-corrected chi connectivity index (χ0v) is 10.9. The molecule has 0 aromatic carbocycles. The highest BCUT2D eigenvalue weighted by Gasteiger charge is 2.31. The molecule has 0 atom stereocenters. The predicted molar refractivity (Wildman–Crippen MR) is 67.4 cm³/mol. The van der Waals surface area contributed by atoms with E-state index in [1.165, 1.54) is 0 Å². The molecule has 1 rings (SSSR count). The molecule has 1 aromatic rings. The number of carbonyl (C=O) groups excluding carboxylic acids is 1. The van der Waals surface area contributed by atoms with Crippen LogP contribution in [0.5, 0.6) is 0 Å². The summed E-state index contributed by atoms with van der Waals surface area (Å²) >= 11 is 5.67. The molecular weight excluding hydrogens is 294 g/mol. The summed E-state index contributed by atoms with van der Waals surface area (Å²) in [4.78, 5) is 25.3. The fraction of sp³-hybridized carbons (Fsp3) is 0.400. The van der Waals surface area contributed by atoms with E-state index < -0.39 is 41.9 Å². The first kappa shape index (κ1) is 16.2. The molecular formula is C10H12ClN3O6. The number of hydrogen-bond acceptors (Lipinski definition) is 7. The topological polar surface area (TPSA) is 146 Å². The van der Waals surface area contributed by atoms with Gasteiger partial charge in [-0.15, -0.1) is 0 Å². The summed E-state index contributed by atoms with van der Waals surface area (Å²) in [5, 5.41) is 39.8. The smallest absolute Gasteiger partial charge is 0.288 e. The molecule has 0 bridgehead atoms. The Hall–Kier alpha value is -1.81. The van der Waals surface area contributed by atoms with Gasteiger partial charge in [0.25, 0.3) is 11.6 Å². The van der Waals surface area contributed by atoms with Crippen LogP contribution in [-0.4, -0.2) is 56.5 Å². The Kier molecular flexibility index (Phi) is 5.34. The van der Waals surface area contributed by atoms with Crippen molar-refractivity contribution in [3.8, 4) is 0 Å². The minimum Gasteiger partial charge on any atom is -0.394 e. The highest BCUT2D eigenvalue weighted by Crippen LogP contribution is 2.19. The van der Waals surface area contributed by atoms with E-state index in [-0.39, 0.29) is 10.7 Å². The van der Waals surface area contributed by atoms with Crippen molar-refractivity contribution < 1.29 is 25.0 Å². The number of nitrogens with one attached hydrogen (secondary N) is 1. The molecule has 0 unspecified atom stereocenters. The summed E-state index contributed by atoms with van der Waals surface area (Å²) in [5.74, 6) is -0.914. The molecule has 10 heteroatoms. The normalized spacial score (nSPS) is 11.2. The van der Waals surface area contributed by atoms with Crippen LogP contribution in [0, 0.1) is 10.1 Å². The maximum atomic E-state index is 11.9. The van der Waals surface area contributed by atoms with Gasteiger partial charge in [-0.25, -0.2) is 4.98 Å². The molecule has 0 fully saturated rings. The zero-order chi connectivity index (χ0) is 15.3. The Morgan fingerprint density at radius 3 is 2.40 bits per heavy atom. The van der Waals surface area contributed by atoms with Gasteiger partial charge in [0.2, 0.25) is 0 Å². The van der Waals surface area contributed by atoms with Gasteiger partial charge in [-0.2, -0.15) is 0 Å². The molecule has 20 heavy (non-hydrogen) atoms. The van der Waals surface area contributed by atoms with Crippen LogP contribution < -0.4 is 5.32 Å². The summed E-state index contributed by atoms with van der Waals surface area (Å²) in [6.45, 7) is -2.19. The number of pyridine rings is 1. The Balaban J connectivity index is 3.08. The van der Waals surface area contributed by atoms with Crippen molar-refractivity contribution in [2.45, 2.75) is 5.54 Å². The Morgan fingerprint density at radius 1 is 1.40 bits per heavy atom. The van der Waals surface area contributed by atoms with Gasteiger partial charge >= 0.3 is 0 Å². The largest absolute Gasteiger partial charge is 0.394 e. The van der Waals surface area contributed by atoms with E-state index in [0.29, 0.717) is 0 Å². The fourth-order valence-electron chi connectivity index (χ4n) is 1.27. The molecule has 1 aromatic heterocycles. The first-order chi connectivity index (χ1) is 9.39. The first-order valence-electron chi connectivity index (χ1n) is 5.34. The number of amides is 1. The molecule has 1 amide bonds. The standard InChI is InChI=1S/C10H12ClN3O6/c11-8-7(1-6(2-12-8)14(19)20)9(18)13-10(3-15,4-16)5-17/h1-2,15-17H,3-5H2,(H,13,18). The predicted octanol–water partition coefficient (Wildman–Crippen LogP) is -0.911. The number of carbonyl (C=O) groups is 1. The van der Waals surface area contributed by atoms with Gasteiger partial charge in [-0.05, 0) is 0 Å². The average Bonchev–Trinajstić information content (AvgIpc) is 2.45. The number of nitro groups is 1. The van der Waals surface area contributed by atoms with Crippen LogP contribution in [0.15, 0.2) is 12.3 Å². The van der Waals surface area contributed by atoms with Gasteiger partial charge < -0.3 is 20.6 Å². The highest BCUT2D eigenvalue weighted by atomic mass is 35.5. The summed E-state index contributed by atoms with van der Waals surface area (Å²) in [6.07, 6.45) is 0.885. The van der Waals surface area contributed by atoms with Crippen molar-refractivity contribution in [3.05, 3.63) is 33.1 Å². The van der Waals surface area contributed by atoms with Crippen LogP contribution in [0.3, 0.4) is 0 Å². The van der Waals surface area contributed by atoms with Crippen molar-refractivity contribution in [1.29, 1.82) is 0 Å². The lowest BCUT2D eigenvalue weighted by molar-refractivity contribution is -0.385. The molecule has 0 saturated carbocycles. The van der Waals surface area contributed by atoms with Crippen LogP contribution in [0.2, 0.25) is 5.15 Å². The maximum absolute atomic E-state index is 11.9. The summed E-state index contributed by atoms with van der Waals surface area (Å²) < 4.78 is 0. The van der Waals surface area contributed by atoms with Crippen LogP contribution in [0.25, 0.3) is 0 Å². The van der Waals surface area contributed by atoms with Crippen molar-refractivity contribution >= 4 is 23.2 Å². The van der Waals surface area contributed by atoms with Crippen LogP contribution in [-0.2, 0) is 0 Å². The lowest BCUT2D eigenvalue weighted by atomic mass is 10.0. The van der Waals surface area contributed by atoms with Gasteiger partial charge in [0, 0.05) is 6.07 Å². The second-order valence-corrected chi connectivity index (χ2v) is 4.36. The molecule has 0 aliphatic rings. The van der Waals surface area contributed by atoms with Gasteiger partial charge in [0.1, 0.15) is 16.9 Å². The third-order valence-corrected chi connectivity index (χ3v) is 2.87. The van der Waals surface area contributed by atoms with Gasteiger partial charge in [-0.3, -0.25) is 14.9 Å². The Bertz CT molecular complexity index is 511. The number of aliphatic hydroxyl groups is 3. The average molecular weight is 306 g/mol. The summed E-state index contributed by atoms with van der Waals surface area (Å²) in [5.41, 5.74) is -2.41. The van der Waals surface area contributed by atoms with Crippen LogP contribution >= 0.6 is 11.6 Å². The van der Waals surface area contributed by atoms with Gasteiger partial charge in [0.05, 0.1) is 30.3 Å². The second kappa shape index (κ2) is 6.57. The van der Waals surface area contributed by atoms with Crippen LogP contribution in [0.4, 0.5) is 5.69 Å². The fourth-order valence-corrected chi connectivity index (χ4v) is 1.46. The quantitative estimate of drug-likeness (QED) is 0.302. The van der Waals surface area contributed by atoms with Crippen molar-refractivity contribution in [3.63, 3.8) is 0 Å². The molecule has 4 N–H and O–H groups in total. The monoisotopic (exact) mass is 305 g/mol.